The fourth-order valence-corrected chi connectivity index (χ4v) is 3.02. The van der Waals surface area contributed by atoms with E-state index in [0.29, 0.717) is 0 Å². The van der Waals surface area contributed by atoms with E-state index in [4.69, 9.17) is 0 Å². The molecular weight excluding hydrogens is 296 g/mol. The Morgan fingerprint density at radius 2 is 1.83 bits per heavy atom. The van der Waals surface area contributed by atoms with Crippen LogP contribution in [0, 0.1) is 13.8 Å². The van der Waals surface area contributed by atoms with Crippen molar-refractivity contribution in [2.75, 3.05) is 11.4 Å². The number of aryl methyl sites for hydroxylation is 2. The minimum absolute atomic E-state index is 0.0676. The molecule has 1 atom stereocenters. The first-order chi connectivity index (χ1) is 8.41. The van der Waals surface area contributed by atoms with Crippen LogP contribution in [0.15, 0.2) is 16.6 Å². The Bertz CT molecular complexity index is 505. The highest BCUT2D eigenvalue weighted by molar-refractivity contribution is 9.10. The van der Waals surface area contributed by atoms with E-state index in [1.54, 1.807) is 11.8 Å². The predicted molar refractivity (Wildman–Crippen MR) is 73.6 cm³/mol. The standard InChI is InChI=1S/C13H15BrN2O2/c1-7-4-10(14)5-8(2)12(7)16-9(3)13(18)15-6-11(16)17/h4-5,9H,6H2,1-3H3,(H,15,18). The highest BCUT2D eigenvalue weighted by atomic mass is 79.9. The average molecular weight is 311 g/mol. The number of rotatable bonds is 1. The normalized spacial score (nSPS) is 20.0. The van der Waals surface area contributed by atoms with Crippen LogP contribution >= 0.6 is 15.9 Å². The molecule has 0 spiro atoms. The van der Waals surface area contributed by atoms with Gasteiger partial charge in [0, 0.05) is 4.47 Å². The van der Waals surface area contributed by atoms with Crippen molar-refractivity contribution >= 4 is 33.4 Å². The maximum Gasteiger partial charge on any atom is 0.247 e. The quantitative estimate of drug-likeness (QED) is 0.861. The molecule has 0 aliphatic carbocycles. The van der Waals surface area contributed by atoms with Gasteiger partial charge in [0.1, 0.15) is 6.04 Å². The molecule has 18 heavy (non-hydrogen) atoms. The number of carbonyl (C=O) groups is 2. The Kier molecular flexibility index (Phi) is 3.43. The summed E-state index contributed by atoms with van der Waals surface area (Å²) < 4.78 is 0.975. The van der Waals surface area contributed by atoms with Crippen LogP contribution in [-0.2, 0) is 9.59 Å². The summed E-state index contributed by atoms with van der Waals surface area (Å²) in [7, 11) is 0. The first-order valence-corrected chi connectivity index (χ1v) is 6.57. The Hall–Kier alpha value is -1.36. The van der Waals surface area contributed by atoms with Gasteiger partial charge in [-0.2, -0.15) is 0 Å². The minimum Gasteiger partial charge on any atom is -0.345 e. The molecule has 0 bridgehead atoms. The summed E-state index contributed by atoms with van der Waals surface area (Å²) in [5.41, 5.74) is 2.80. The molecule has 5 heteroatoms. The highest BCUT2D eigenvalue weighted by Gasteiger charge is 2.33. The van der Waals surface area contributed by atoms with Crippen molar-refractivity contribution in [3.63, 3.8) is 0 Å². The smallest absolute Gasteiger partial charge is 0.247 e. The monoisotopic (exact) mass is 310 g/mol. The maximum atomic E-state index is 12.0. The Labute approximate surface area is 114 Å². The third-order valence-corrected chi connectivity index (χ3v) is 3.60. The van der Waals surface area contributed by atoms with Crippen molar-refractivity contribution in [3.8, 4) is 0 Å². The van der Waals surface area contributed by atoms with E-state index in [1.165, 1.54) is 0 Å². The number of amides is 2. The van der Waals surface area contributed by atoms with Gasteiger partial charge in [0.25, 0.3) is 0 Å². The van der Waals surface area contributed by atoms with Crippen LogP contribution in [0.2, 0.25) is 0 Å². The van der Waals surface area contributed by atoms with E-state index >= 15 is 0 Å². The lowest BCUT2D eigenvalue weighted by atomic mass is 10.0. The molecule has 1 fully saturated rings. The Morgan fingerprint density at radius 3 is 2.39 bits per heavy atom. The number of nitrogens with one attached hydrogen (secondary N) is 1. The fraction of sp³-hybridized carbons (Fsp3) is 0.385. The molecule has 1 N–H and O–H groups in total. The number of hydrogen-bond donors (Lipinski definition) is 1. The van der Waals surface area contributed by atoms with Crippen LogP contribution in [0.4, 0.5) is 5.69 Å². The number of benzene rings is 1. The molecule has 2 amide bonds. The summed E-state index contributed by atoms with van der Waals surface area (Å²) in [6.07, 6.45) is 0. The number of hydrogen-bond acceptors (Lipinski definition) is 2. The average Bonchev–Trinajstić information content (AvgIpc) is 2.27. The van der Waals surface area contributed by atoms with E-state index < -0.39 is 6.04 Å². The lowest BCUT2D eigenvalue weighted by molar-refractivity contribution is -0.130. The second-order valence-corrected chi connectivity index (χ2v) is 5.46. The van der Waals surface area contributed by atoms with Crippen LogP contribution < -0.4 is 10.2 Å². The highest BCUT2D eigenvalue weighted by Crippen LogP contribution is 2.30. The van der Waals surface area contributed by atoms with Gasteiger partial charge in [0.15, 0.2) is 0 Å². The summed E-state index contributed by atoms with van der Waals surface area (Å²) in [6, 6.07) is 3.44. The molecule has 96 valence electrons. The topological polar surface area (TPSA) is 49.4 Å². The molecule has 2 rings (SSSR count). The van der Waals surface area contributed by atoms with E-state index in [2.05, 4.69) is 21.2 Å². The molecule has 0 aromatic heterocycles. The molecule has 1 aliphatic rings. The van der Waals surface area contributed by atoms with Crippen LogP contribution in [0.5, 0.6) is 0 Å². The minimum atomic E-state index is -0.468. The van der Waals surface area contributed by atoms with Crippen LogP contribution in [-0.4, -0.2) is 24.4 Å². The number of nitrogens with zero attached hydrogens (tertiary/aromatic N) is 1. The van der Waals surface area contributed by atoms with Crippen molar-refractivity contribution in [1.29, 1.82) is 0 Å². The van der Waals surface area contributed by atoms with Crippen LogP contribution in [0.1, 0.15) is 18.1 Å². The summed E-state index contributed by atoms with van der Waals surface area (Å²) >= 11 is 3.43. The lowest BCUT2D eigenvalue weighted by Gasteiger charge is -2.34. The van der Waals surface area contributed by atoms with Gasteiger partial charge in [-0.05, 0) is 44.0 Å². The summed E-state index contributed by atoms with van der Waals surface area (Å²) in [6.45, 7) is 5.70. The number of carbonyl (C=O) groups excluding carboxylic acids is 2. The fourth-order valence-electron chi connectivity index (χ4n) is 2.33. The van der Waals surface area contributed by atoms with Gasteiger partial charge in [-0.25, -0.2) is 0 Å². The first-order valence-electron chi connectivity index (χ1n) is 5.78. The Balaban J connectivity index is 2.53. The van der Waals surface area contributed by atoms with Crippen LogP contribution in [0.3, 0.4) is 0 Å². The van der Waals surface area contributed by atoms with Gasteiger partial charge in [-0.1, -0.05) is 15.9 Å². The third kappa shape index (κ3) is 2.14. The zero-order chi connectivity index (χ0) is 13.4. The Morgan fingerprint density at radius 1 is 1.28 bits per heavy atom. The van der Waals surface area contributed by atoms with Gasteiger partial charge in [0.05, 0.1) is 12.2 Å². The summed E-state index contributed by atoms with van der Waals surface area (Å²) in [5, 5.41) is 2.59. The van der Waals surface area contributed by atoms with Gasteiger partial charge >= 0.3 is 0 Å². The molecule has 1 saturated heterocycles. The van der Waals surface area contributed by atoms with E-state index in [1.807, 2.05) is 26.0 Å². The van der Waals surface area contributed by atoms with Crippen molar-refractivity contribution < 1.29 is 9.59 Å². The third-order valence-electron chi connectivity index (χ3n) is 3.15. The van der Waals surface area contributed by atoms with E-state index in [9.17, 15) is 9.59 Å². The molecule has 0 radical (unpaired) electrons. The second-order valence-electron chi connectivity index (χ2n) is 4.55. The first kappa shape index (κ1) is 13.1. The van der Waals surface area contributed by atoms with Crippen molar-refractivity contribution in [3.05, 3.63) is 27.7 Å². The molecule has 4 nitrogen and oxygen atoms in total. The number of halogens is 1. The van der Waals surface area contributed by atoms with Crippen molar-refractivity contribution in [2.24, 2.45) is 0 Å². The maximum absolute atomic E-state index is 12.0. The number of anilines is 1. The summed E-state index contributed by atoms with van der Waals surface area (Å²) in [5.74, 6) is -0.188. The molecule has 1 aliphatic heterocycles. The van der Waals surface area contributed by atoms with Crippen molar-refractivity contribution in [2.45, 2.75) is 26.8 Å². The zero-order valence-corrected chi connectivity index (χ0v) is 12.2. The van der Waals surface area contributed by atoms with E-state index in [0.717, 1.165) is 21.3 Å². The molecule has 1 unspecified atom stereocenters. The molecule has 0 saturated carbocycles. The SMILES string of the molecule is Cc1cc(Br)cc(C)c1N1C(=O)CNC(=O)C1C. The molecular formula is C13H15BrN2O2. The largest absolute Gasteiger partial charge is 0.345 e. The van der Waals surface area contributed by atoms with Crippen LogP contribution in [0.25, 0.3) is 0 Å². The molecule has 1 aromatic rings. The van der Waals surface area contributed by atoms with Gasteiger partial charge in [0.2, 0.25) is 11.8 Å². The molecule has 1 heterocycles. The van der Waals surface area contributed by atoms with Crippen molar-refractivity contribution in [1.82, 2.24) is 5.32 Å². The van der Waals surface area contributed by atoms with E-state index in [-0.39, 0.29) is 18.4 Å². The van der Waals surface area contributed by atoms with Gasteiger partial charge in [-0.15, -0.1) is 0 Å². The molecule has 1 aromatic carbocycles. The van der Waals surface area contributed by atoms with Gasteiger partial charge < -0.3 is 5.32 Å². The second kappa shape index (κ2) is 4.72. The zero-order valence-electron chi connectivity index (χ0n) is 10.6. The summed E-state index contributed by atoms with van der Waals surface area (Å²) in [4.78, 5) is 25.3. The lowest BCUT2D eigenvalue weighted by Crippen LogP contribution is -2.57. The van der Waals surface area contributed by atoms with Gasteiger partial charge in [-0.3, -0.25) is 14.5 Å². The number of piperazine rings is 1. The predicted octanol–water partition coefficient (Wildman–Crippen LogP) is 1.92.